The van der Waals surface area contributed by atoms with E-state index in [0.29, 0.717) is 6.61 Å². The summed E-state index contributed by atoms with van der Waals surface area (Å²) in [5.41, 5.74) is 0. The number of rotatable bonds is 9. The van der Waals surface area contributed by atoms with Gasteiger partial charge in [0.2, 0.25) is 0 Å². The Hall–Kier alpha value is -0.680. The van der Waals surface area contributed by atoms with Crippen LogP contribution in [0.25, 0.3) is 0 Å². The van der Waals surface area contributed by atoms with Gasteiger partial charge in [-0.3, -0.25) is 13.6 Å². The van der Waals surface area contributed by atoms with Crippen molar-refractivity contribution in [2.75, 3.05) is 19.8 Å². The van der Waals surface area contributed by atoms with Crippen molar-refractivity contribution in [3.05, 3.63) is 12.2 Å². The average Bonchev–Trinajstić information content (AvgIpc) is 2.27. The maximum absolute atomic E-state index is 12.0. The highest BCUT2D eigenvalue weighted by Crippen LogP contribution is 2.50. The van der Waals surface area contributed by atoms with Crippen LogP contribution in [-0.4, -0.2) is 31.9 Å². The van der Waals surface area contributed by atoms with Gasteiger partial charge in [0.25, 0.3) is 0 Å². The zero-order valence-corrected chi connectivity index (χ0v) is 12.1. The van der Waals surface area contributed by atoms with E-state index in [0.717, 1.165) is 0 Å². The number of hydrogen-bond donors (Lipinski definition) is 0. The predicted octanol–water partition coefficient (Wildman–Crippen LogP) is 2.69. The summed E-state index contributed by atoms with van der Waals surface area (Å²) in [6, 6.07) is 0. The van der Waals surface area contributed by atoms with E-state index in [1.807, 2.05) is 0 Å². The molecule has 0 aromatic rings. The van der Waals surface area contributed by atoms with E-state index in [4.69, 9.17) is 18.3 Å². The van der Waals surface area contributed by atoms with Crippen LogP contribution < -0.4 is 0 Å². The minimum atomic E-state index is -3.55. The molecule has 0 aromatic carbocycles. The molecular formula is C11H21O6P. The highest BCUT2D eigenvalue weighted by atomic mass is 31.2. The second-order valence-corrected chi connectivity index (χ2v) is 4.83. The van der Waals surface area contributed by atoms with Gasteiger partial charge in [-0.15, -0.1) is 0 Å². The summed E-state index contributed by atoms with van der Waals surface area (Å²) in [6.45, 7) is 7.44. The minimum absolute atomic E-state index is 0.214. The molecule has 0 amide bonds. The smallest absolute Gasteiger partial charge is 0.463 e. The Labute approximate surface area is 108 Å². The summed E-state index contributed by atoms with van der Waals surface area (Å²) in [6.07, 6.45) is 2.07. The lowest BCUT2D eigenvalue weighted by atomic mass is 10.3. The molecule has 0 radical (unpaired) electrons. The van der Waals surface area contributed by atoms with Gasteiger partial charge in [-0.1, -0.05) is 0 Å². The molecular weight excluding hydrogens is 259 g/mol. The molecule has 0 bridgehead atoms. The van der Waals surface area contributed by atoms with E-state index < -0.39 is 19.9 Å². The molecule has 0 aliphatic rings. The van der Waals surface area contributed by atoms with Crippen LogP contribution >= 0.6 is 7.82 Å². The third-order valence-corrected chi connectivity index (χ3v) is 3.40. The Kier molecular flexibility index (Phi) is 8.93. The number of esters is 1. The summed E-state index contributed by atoms with van der Waals surface area (Å²) in [4.78, 5) is 11.1. The normalized spacial score (nSPS) is 13.8. The number of hydrogen-bond acceptors (Lipinski definition) is 6. The second kappa shape index (κ2) is 9.28. The van der Waals surface area contributed by atoms with Crippen molar-refractivity contribution in [1.29, 1.82) is 0 Å². The molecule has 0 heterocycles. The first-order chi connectivity index (χ1) is 8.47. The van der Waals surface area contributed by atoms with Crippen LogP contribution in [0.4, 0.5) is 0 Å². The van der Waals surface area contributed by atoms with Crippen LogP contribution in [0.3, 0.4) is 0 Å². The average molecular weight is 280 g/mol. The van der Waals surface area contributed by atoms with E-state index in [-0.39, 0.29) is 13.2 Å². The second-order valence-electron chi connectivity index (χ2n) is 3.20. The Morgan fingerprint density at radius 2 is 1.72 bits per heavy atom. The standard InChI is InChI=1S/C11H21O6P/c1-5-14-11(12)9-8-10(4)17-18(13,15-6-2)16-7-3/h8-10H,5-7H2,1-4H3. The van der Waals surface area contributed by atoms with Crippen LogP contribution in [0.15, 0.2) is 12.2 Å². The molecule has 7 heteroatoms. The van der Waals surface area contributed by atoms with E-state index in [2.05, 4.69) is 0 Å². The van der Waals surface area contributed by atoms with Crippen molar-refractivity contribution < 1.29 is 27.7 Å². The molecule has 106 valence electrons. The molecule has 0 aliphatic carbocycles. The Bertz CT molecular complexity index is 305. The lowest BCUT2D eigenvalue weighted by Crippen LogP contribution is -2.08. The number of ether oxygens (including phenoxy) is 1. The zero-order valence-electron chi connectivity index (χ0n) is 11.3. The van der Waals surface area contributed by atoms with Gasteiger partial charge >= 0.3 is 13.8 Å². The van der Waals surface area contributed by atoms with Gasteiger partial charge in [0.1, 0.15) is 0 Å². The zero-order chi connectivity index (χ0) is 14.0. The van der Waals surface area contributed by atoms with Crippen LogP contribution in [0.1, 0.15) is 27.7 Å². The molecule has 0 fully saturated rings. The lowest BCUT2D eigenvalue weighted by Gasteiger charge is -2.18. The Morgan fingerprint density at radius 3 is 2.17 bits per heavy atom. The van der Waals surface area contributed by atoms with Crippen LogP contribution in [0, 0.1) is 0 Å². The van der Waals surface area contributed by atoms with Crippen molar-refractivity contribution >= 4 is 13.8 Å². The van der Waals surface area contributed by atoms with Gasteiger partial charge in [0, 0.05) is 6.08 Å². The van der Waals surface area contributed by atoms with Crippen molar-refractivity contribution in [2.24, 2.45) is 0 Å². The largest absolute Gasteiger partial charge is 0.475 e. The molecule has 0 saturated carbocycles. The van der Waals surface area contributed by atoms with Gasteiger partial charge in [-0.25, -0.2) is 9.36 Å². The first-order valence-electron chi connectivity index (χ1n) is 5.89. The van der Waals surface area contributed by atoms with E-state index in [1.165, 1.54) is 12.2 Å². The summed E-state index contributed by atoms with van der Waals surface area (Å²) >= 11 is 0. The third-order valence-electron chi connectivity index (χ3n) is 1.66. The van der Waals surface area contributed by atoms with Gasteiger partial charge in [-0.05, 0) is 33.8 Å². The summed E-state index contributed by atoms with van der Waals surface area (Å²) in [5.74, 6) is -0.476. The number of carbonyl (C=O) groups is 1. The molecule has 0 N–H and O–H groups in total. The summed E-state index contributed by atoms with van der Waals surface area (Å²) in [5, 5.41) is 0. The third kappa shape index (κ3) is 7.61. The van der Waals surface area contributed by atoms with E-state index in [1.54, 1.807) is 27.7 Å². The minimum Gasteiger partial charge on any atom is -0.463 e. The van der Waals surface area contributed by atoms with E-state index in [9.17, 15) is 9.36 Å². The van der Waals surface area contributed by atoms with Crippen LogP contribution in [0.2, 0.25) is 0 Å². The Balaban J connectivity index is 4.37. The van der Waals surface area contributed by atoms with Crippen LogP contribution in [0.5, 0.6) is 0 Å². The van der Waals surface area contributed by atoms with Gasteiger partial charge in [0.05, 0.1) is 25.9 Å². The van der Waals surface area contributed by atoms with E-state index >= 15 is 0 Å². The number of phosphoric acid groups is 1. The van der Waals surface area contributed by atoms with Crippen molar-refractivity contribution in [1.82, 2.24) is 0 Å². The van der Waals surface area contributed by atoms with Gasteiger partial charge in [-0.2, -0.15) is 0 Å². The number of phosphoric ester groups is 1. The molecule has 0 saturated heterocycles. The summed E-state index contributed by atoms with van der Waals surface area (Å²) in [7, 11) is -3.55. The Morgan fingerprint density at radius 1 is 1.17 bits per heavy atom. The monoisotopic (exact) mass is 280 g/mol. The lowest BCUT2D eigenvalue weighted by molar-refractivity contribution is -0.137. The summed E-state index contributed by atoms with van der Waals surface area (Å²) < 4.78 is 31.8. The maximum atomic E-state index is 12.0. The molecule has 1 atom stereocenters. The van der Waals surface area contributed by atoms with Crippen molar-refractivity contribution in [2.45, 2.75) is 33.8 Å². The van der Waals surface area contributed by atoms with Gasteiger partial charge in [0.15, 0.2) is 0 Å². The highest BCUT2D eigenvalue weighted by Gasteiger charge is 2.27. The first kappa shape index (κ1) is 17.3. The topological polar surface area (TPSA) is 71.1 Å². The number of carbonyl (C=O) groups excluding carboxylic acids is 1. The fourth-order valence-corrected chi connectivity index (χ4v) is 2.36. The molecule has 18 heavy (non-hydrogen) atoms. The maximum Gasteiger partial charge on any atom is 0.475 e. The fraction of sp³-hybridized carbons (Fsp3) is 0.727. The van der Waals surface area contributed by atoms with Crippen molar-refractivity contribution in [3.8, 4) is 0 Å². The molecule has 0 aromatic heterocycles. The molecule has 1 unspecified atom stereocenters. The van der Waals surface area contributed by atoms with Crippen molar-refractivity contribution in [3.63, 3.8) is 0 Å². The molecule has 0 rings (SSSR count). The quantitative estimate of drug-likeness (QED) is 0.367. The molecule has 6 nitrogen and oxygen atoms in total. The predicted molar refractivity (Wildman–Crippen MR) is 67.2 cm³/mol. The van der Waals surface area contributed by atoms with Crippen LogP contribution in [-0.2, 0) is 27.7 Å². The fourth-order valence-electron chi connectivity index (χ4n) is 1.06. The molecule has 0 aliphatic heterocycles. The highest BCUT2D eigenvalue weighted by molar-refractivity contribution is 7.48. The first-order valence-corrected chi connectivity index (χ1v) is 7.35. The molecule has 0 spiro atoms. The SMILES string of the molecule is CCOC(=O)C=CC(C)OP(=O)(OCC)OCC. The van der Waals surface area contributed by atoms with Gasteiger partial charge < -0.3 is 4.74 Å².